The molecule has 0 aliphatic carbocycles. The minimum absolute atomic E-state index is 0.388. The second-order valence-electron chi connectivity index (χ2n) is 8.71. The molecule has 1 fully saturated rings. The molecule has 5 rings (SSSR count). The van der Waals surface area contributed by atoms with E-state index in [-0.39, 0.29) is 5.91 Å². The van der Waals surface area contributed by atoms with E-state index < -0.39 is 6.04 Å². The normalized spacial score (nSPS) is 15.3. The molecule has 37 heavy (non-hydrogen) atoms. The average Bonchev–Trinajstić information content (AvgIpc) is 3.62. The van der Waals surface area contributed by atoms with Crippen LogP contribution in [0, 0.1) is 6.92 Å². The number of nitrogens with two attached hydrogens (primary N) is 1. The topological polar surface area (TPSA) is 147 Å². The van der Waals surface area contributed by atoms with E-state index >= 15 is 0 Å². The van der Waals surface area contributed by atoms with Crippen molar-refractivity contribution in [1.82, 2.24) is 29.3 Å². The monoisotopic (exact) mass is 507 g/mol. The lowest BCUT2D eigenvalue weighted by molar-refractivity contribution is -0.119. The Hall–Kier alpha value is -4.55. The number of rotatable bonds is 8. The van der Waals surface area contributed by atoms with Gasteiger partial charge in [-0.05, 0) is 19.8 Å². The maximum absolute atomic E-state index is 12.0. The second-order valence-corrected chi connectivity index (χ2v) is 8.71. The molecule has 4 heterocycles. The van der Waals surface area contributed by atoms with Crippen LogP contribution in [0.3, 0.4) is 0 Å². The van der Waals surface area contributed by atoms with Gasteiger partial charge < -0.3 is 34.7 Å². The molecule has 1 aromatic carbocycles. The number of primary amides is 1. The highest BCUT2D eigenvalue weighted by molar-refractivity contribution is 5.92. The quantitative estimate of drug-likeness (QED) is 0.363. The van der Waals surface area contributed by atoms with Gasteiger partial charge in [0.2, 0.25) is 17.6 Å². The molecule has 0 spiro atoms. The zero-order chi connectivity index (χ0) is 26.3. The van der Waals surface area contributed by atoms with Crippen LogP contribution in [0.1, 0.15) is 18.5 Å². The predicted octanol–water partition coefficient (Wildman–Crippen LogP) is 2.08. The number of carbonyl (C=O) groups excluding carboxylic acids is 1. The molecule has 4 aromatic rings. The van der Waals surface area contributed by atoms with Crippen molar-refractivity contribution in [2.24, 2.45) is 12.8 Å². The lowest BCUT2D eigenvalue weighted by Gasteiger charge is -2.22. The first-order valence-electron chi connectivity index (χ1n) is 11.7. The van der Waals surface area contributed by atoms with Gasteiger partial charge in [0.15, 0.2) is 17.1 Å². The standard InChI is InChI=1S/C24H29N9O4/c1-13-19-22(28-24(29-23(19)31(2)30-13)33-8-6-7-15(33)21(25)34)27-18-11-32(12-26-18)14-9-16(35-3)20(37-5)17(10-14)36-4/h9-12,15H,6-8H2,1-5H3,(H2,25,34)(H,27,28,29). The van der Waals surface area contributed by atoms with Crippen molar-refractivity contribution in [2.75, 3.05) is 38.1 Å². The molecule has 194 valence electrons. The molecular formula is C24H29N9O4. The van der Waals surface area contributed by atoms with Crippen LogP contribution in [0.25, 0.3) is 16.7 Å². The number of fused-ring (bicyclic) bond motifs is 1. The summed E-state index contributed by atoms with van der Waals surface area (Å²) in [7, 11) is 6.52. The minimum atomic E-state index is -0.445. The molecular weight excluding hydrogens is 478 g/mol. The summed E-state index contributed by atoms with van der Waals surface area (Å²) in [6.45, 7) is 2.54. The molecule has 1 unspecified atom stereocenters. The maximum atomic E-state index is 12.0. The highest BCUT2D eigenvalue weighted by Crippen LogP contribution is 2.39. The number of nitrogens with one attached hydrogen (secondary N) is 1. The van der Waals surface area contributed by atoms with Gasteiger partial charge in [-0.3, -0.25) is 4.79 Å². The molecule has 0 saturated carbocycles. The average molecular weight is 508 g/mol. The van der Waals surface area contributed by atoms with Crippen LogP contribution in [-0.4, -0.2) is 69.1 Å². The third-order valence-corrected chi connectivity index (χ3v) is 6.46. The molecule has 1 aliphatic rings. The molecule has 13 heteroatoms. The Kier molecular flexibility index (Phi) is 6.19. The third-order valence-electron chi connectivity index (χ3n) is 6.46. The van der Waals surface area contributed by atoms with Crippen LogP contribution < -0.4 is 30.2 Å². The van der Waals surface area contributed by atoms with Crippen molar-refractivity contribution in [3.63, 3.8) is 0 Å². The minimum Gasteiger partial charge on any atom is -0.493 e. The van der Waals surface area contributed by atoms with Gasteiger partial charge in [0.05, 0.1) is 44.3 Å². The Morgan fingerprint density at radius 2 is 1.86 bits per heavy atom. The van der Waals surface area contributed by atoms with Crippen molar-refractivity contribution in [3.05, 3.63) is 30.4 Å². The summed E-state index contributed by atoms with van der Waals surface area (Å²) in [4.78, 5) is 27.9. The Morgan fingerprint density at radius 3 is 2.51 bits per heavy atom. The first kappa shape index (κ1) is 24.2. The van der Waals surface area contributed by atoms with E-state index in [1.165, 1.54) is 0 Å². The van der Waals surface area contributed by atoms with Gasteiger partial charge in [0.1, 0.15) is 24.0 Å². The molecule has 1 amide bonds. The van der Waals surface area contributed by atoms with Crippen molar-refractivity contribution >= 4 is 34.5 Å². The number of imidazole rings is 1. The van der Waals surface area contributed by atoms with Crippen molar-refractivity contribution in [2.45, 2.75) is 25.8 Å². The van der Waals surface area contributed by atoms with Gasteiger partial charge in [0, 0.05) is 25.7 Å². The molecule has 3 N–H and O–H groups in total. The lowest BCUT2D eigenvalue weighted by atomic mass is 10.2. The van der Waals surface area contributed by atoms with E-state index in [0.29, 0.717) is 53.4 Å². The summed E-state index contributed by atoms with van der Waals surface area (Å²) in [5.74, 6) is 2.69. The number of hydrogen-bond acceptors (Lipinski definition) is 10. The van der Waals surface area contributed by atoms with E-state index in [9.17, 15) is 4.79 Å². The first-order valence-corrected chi connectivity index (χ1v) is 11.7. The van der Waals surface area contributed by atoms with E-state index in [2.05, 4.69) is 15.4 Å². The van der Waals surface area contributed by atoms with E-state index in [1.807, 2.05) is 41.8 Å². The number of benzene rings is 1. The van der Waals surface area contributed by atoms with Crippen molar-refractivity contribution in [1.29, 1.82) is 0 Å². The van der Waals surface area contributed by atoms with Gasteiger partial charge in [-0.25, -0.2) is 9.67 Å². The number of ether oxygens (including phenoxy) is 3. The Labute approximate surface area is 213 Å². The largest absolute Gasteiger partial charge is 0.493 e. The number of hydrogen-bond donors (Lipinski definition) is 2. The summed E-state index contributed by atoms with van der Waals surface area (Å²) >= 11 is 0. The summed E-state index contributed by atoms with van der Waals surface area (Å²) in [5.41, 5.74) is 7.82. The van der Waals surface area contributed by atoms with Gasteiger partial charge in [0.25, 0.3) is 0 Å². The van der Waals surface area contributed by atoms with Crippen LogP contribution in [0.15, 0.2) is 24.7 Å². The molecule has 0 bridgehead atoms. The lowest BCUT2D eigenvalue weighted by Crippen LogP contribution is -2.41. The third kappa shape index (κ3) is 4.21. The van der Waals surface area contributed by atoms with E-state index in [1.54, 1.807) is 32.3 Å². The Balaban J connectivity index is 1.54. The fourth-order valence-electron chi connectivity index (χ4n) is 4.71. The molecule has 1 atom stereocenters. The smallest absolute Gasteiger partial charge is 0.240 e. The molecule has 13 nitrogen and oxygen atoms in total. The first-order chi connectivity index (χ1) is 17.8. The van der Waals surface area contributed by atoms with Crippen LogP contribution in [0.2, 0.25) is 0 Å². The zero-order valence-corrected chi connectivity index (χ0v) is 21.3. The zero-order valence-electron chi connectivity index (χ0n) is 21.3. The van der Waals surface area contributed by atoms with Crippen LogP contribution in [0.5, 0.6) is 17.2 Å². The summed E-state index contributed by atoms with van der Waals surface area (Å²) in [6.07, 6.45) is 4.99. The molecule has 1 saturated heterocycles. The Bertz CT molecular complexity index is 1450. The number of nitrogens with zero attached hydrogens (tertiary/aromatic N) is 7. The number of aromatic nitrogens is 6. The predicted molar refractivity (Wildman–Crippen MR) is 137 cm³/mol. The fraction of sp³-hybridized carbons (Fsp3) is 0.375. The van der Waals surface area contributed by atoms with Gasteiger partial charge >= 0.3 is 0 Å². The summed E-state index contributed by atoms with van der Waals surface area (Å²) in [6, 6.07) is 3.21. The van der Waals surface area contributed by atoms with Gasteiger partial charge in [-0.15, -0.1) is 0 Å². The number of anilines is 3. The van der Waals surface area contributed by atoms with Gasteiger partial charge in [-0.1, -0.05) is 0 Å². The van der Waals surface area contributed by atoms with Gasteiger partial charge in [-0.2, -0.15) is 15.1 Å². The van der Waals surface area contributed by atoms with Crippen molar-refractivity contribution in [3.8, 4) is 22.9 Å². The number of amides is 1. The highest BCUT2D eigenvalue weighted by Gasteiger charge is 2.32. The van der Waals surface area contributed by atoms with E-state index in [4.69, 9.17) is 29.9 Å². The molecule has 1 aliphatic heterocycles. The van der Waals surface area contributed by atoms with E-state index in [0.717, 1.165) is 23.2 Å². The van der Waals surface area contributed by atoms with Crippen LogP contribution >= 0.6 is 0 Å². The summed E-state index contributed by atoms with van der Waals surface area (Å²) < 4.78 is 19.9. The SMILES string of the molecule is COc1cc(-n2cnc(Nc3nc(N4CCCC4C(N)=O)nc4c3c(C)nn4C)c2)cc(OC)c1OC. The fourth-order valence-corrected chi connectivity index (χ4v) is 4.71. The molecule has 0 radical (unpaired) electrons. The number of methoxy groups -OCH3 is 3. The molecule has 3 aromatic heterocycles. The Morgan fingerprint density at radius 1 is 1.14 bits per heavy atom. The van der Waals surface area contributed by atoms with Crippen molar-refractivity contribution < 1.29 is 19.0 Å². The highest BCUT2D eigenvalue weighted by atomic mass is 16.5. The maximum Gasteiger partial charge on any atom is 0.240 e. The van der Waals surface area contributed by atoms with Crippen LogP contribution in [-0.2, 0) is 11.8 Å². The second kappa shape index (κ2) is 9.48. The number of carbonyl (C=O) groups is 1. The summed E-state index contributed by atoms with van der Waals surface area (Å²) in [5, 5.41) is 8.60. The van der Waals surface area contributed by atoms with Crippen LogP contribution in [0.4, 0.5) is 17.6 Å². The number of aryl methyl sites for hydroxylation is 2.